The molecule has 6 heteroatoms. The highest BCUT2D eigenvalue weighted by Crippen LogP contribution is 2.22. The van der Waals surface area contributed by atoms with Crippen LogP contribution >= 0.6 is 0 Å². The molecule has 1 aromatic carbocycles. The predicted octanol–water partition coefficient (Wildman–Crippen LogP) is 1.45. The van der Waals surface area contributed by atoms with Crippen LogP contribution < -0.4 is 11.3 Å². The SMILES string of the molecule is CN(C)CCC(N=CNN)c1ccc(F)c(F)c1. The van der Waals surface area contributed by atoms with Crippen LogP contribution in [-0.2, 0) is 0 Å². The average molecular weight is 256 g/mol. The summed E-state index contributed by atoms with van der Waals surface area (Å²) in [5.74, 6) is 3.40. The second-order valence-electron chi connectivity index (χ2n) is 4.23. The standard InChI is InChI=1S/C12H18F2N4/c1-18(2)6-5-12(16-8-17-15)9-3-4-10(13)11(14)7-9/h3-4,7-8,12H,5-6,15H2,1-2H3,(H,16,17). The molecule has 0 spiro atoms. The molecule has 0 aliphatic rings. The molecule has 0 saturated carbocycles. The van der Waals surface area contributed by atoms with Gasteiger partial charge < -0.3 is 10.3 Å². The van der Waals surface area contributed by atoms with Gasteiger partial charge in [0.2, 0.25) is 0 Å². The number of hydrogen-bond acceptors (Lipinski definition) is 3. The van der Waals surface area contributed by atoms with E-state index in [4.69, 9.17) is 5.84 Å². The Labute approximate surface area is 105 Å². The minimum atomic E-state index is -0.863. The summed E-state index contributed by atoms with van der Waals surface area (Å²) in [5.41, 5.74) is 2.94. The van der Waals surface area contributed by atoms with Gasteiger partial charge in [0.05, 0.1) is 12.4 Å². The molecule has 4 nitrogen and oxygen atoms in total. The van der Waals surface area contributed by atoms with Crippen molar-refractivity contribution in [2.75, 3.05) is 20.6 Å². The van der Waals surface area contributed by atoms with Crippen LogP contribution in [0.2, 0.25) is 0 Å². The summed E-state index contributed by atoms with van der Waals surface area (Å²) >= 11 is 0. The Morgan fingerprint density at radius 1 is 1.39 bits per heavy atom. The predicted molar refractivity (Wildman–Crippen MR) is 68.1 cm³/mol. The minimum Gasteiger partial charge on any atom is -0.315 e. The zero-order valence-electron chi connectivity index (χ0n) is 10.5. The van der Waals surface area contributed by atoms with Gasteiger partial charge in [0.1, 0.15) is 0 Å². The van der Waals surface area contributed by atoms with Gasteiger partial charge in [-0.2, -0.15) is 0 Å². The number of nitrogens with two attached hydrogens (primary N) is 1. The van der Waals surface area contributed by atoms with Crippen LogP contribution in [-0.4, -0.2) is 31.9 Å². The topological polar surface area (TPSA) is 53.6 Å². The molecule has 1 rings (SSSR count). The largest absolute Gasteiger partial charge is 0.315 e. The average Bonchev–Trinajstić information content (AvgIpc) is 2.33. The fourth-order valence-electron chi connectivity index (χ4n) is 1.56. The Hall–Kier alpha value is -1.53. The van der Waals surface area contributed by atoms with Crippen LogP contribution in [0, 0.1) is 11.6 Å². The third-order valence-electron chi connectivity index (χ3n) is 2.51. The summed E-state index contributed by atoms with van der Waals surface area (Å²) in [6.07, 6.45) is 2.04. The number of rotatable bonds is 6. The first kappa shape index (κ1) is 14.5. The lowest BCUT2D eigenvalue weighted by molar-refractivity contribution is 0.382. The molecule has 0 aromatic heterocycles. The lowest BCUT2D eigenvalue weighted by Gasteiger charge is -2.16. The molecule has 0 bridgehead atoms. The van der Waals surface area contributed by atoms with Gasteiger partial charge in [-0.25, -0.2) is 14.6 Å². The van der Waals surface area contributed by atoms with Crippen molar-refractivity contribution in [1.29, 1.82) is 0 Å². The fraction of sp³-hybridized carbons (Fsp3) is 0.417. The Balaban J connectivity index is 2.86. The highest BCUT2D eigenvalue weighted by Gasteiger charge is 2.12. The molecule has 0 fully saturated rings. The van der Waals surface area contributed by atoms with Gasteiger partial charge >= 0.3 is 0 Å². The first-order valence-corrected chi connectivity index (χ1v) is 5.62. The van der Waals surface area contributed by atoms with Crippen LogP contribution in [0.4, 0.5) is 8.78 Å². The van der Waals surface area contributed by atoms with Crippen molar-refractivity contribution in [3.05, 3.63) is 35.4 Å². The fourth-order valence-corrected chi connectivity index (χ4v) is 1.56. The van der Waals surface area contributed by atoms with Crippen molar-refractivity contribution in [1.82, 2.24) is 10.3 Å². The van der Waals surface area contributed by atoms with E-state index in [9.17, 15) is 8.78 Å². The van der Waals surface area contributed by atoms with Crippen LogP contribution in [0.15, 0.2) is 23.2 Å². The van der Waals surface area contributed by atoms with Crippen LogP contribution in [0.25, 0.3) is 0 Å². The van der Waals surface area contributed by atoms with Crippen LogP contribution in [0.3, 0.4) is 0 Å². The van der Waals surface area contributed by atoms with Gasteiger partial charge in [0.25, 0.3) is 0 Å². The maximum atomic E-state index is 13.2. The zero-order valence-corrected chi connectivity index (χ0v) is 10.5. The van der Waals surface area contributed by atoms with Gasteiger partial charge in [-0.3, -0.25) is 4.99 Å². The molecular weight excluding hydrogens is 238 g/mol. The normalized spacial score (nSPS) is 13.2. The smallest absolute Gasteiger partial charge is 0.159 e. The Kier molecular flexibility index (Phi) is 5.67. The van der Waals surface area contributed by atoms with Crippen LogP contribution in [0.5, 0.6) is 0 Å². The summed E-state index contributed by atoms with van der Waals surface area (Å²) in [6.45, 7) is 0.783. The highest BCUT2D eigenvalue weighted by atomic mass is 19.2. The lowest BCUT2D eigenvalue weighted by Crippen LogP contribution is -2.21. The second-order valence-corrected chi connectivity index (χ2v) is 4.23. The molecule has 1 aromatic rings. The van der Waals surface area contributed by atoms with Crippen molar-refractivity contribution in [2.45, 2.75) is 12.5 Å². The Morgan fingerprint density at radius 3 is 2.67 bits per heavy atom. The first-order chi connectivity index (χ1) is 8.54. The molecule has 0 amide bonds. The molecule has 3 N–H and O–H groups in total. The first-order valence-electron chi connectivity index (χ1n) is 5.62. The van der Waals surface area contributed by atoms with Crippen molar-refractivity contribution < 1.29 is 8.78 Å². The van der Waals surface area contributed by atoms with Gasteiger partial charge in [-0.15, -0.1) is 0 Å². The monoisotopic (exact) mass is 256 g/mol. The molecule has 0 aliphatic heterocycles. The lowest BCUT2D eigenvalue weighted by atomic mass is 10.0. The number of nitrogens with one attached hydrogen (secondary N) is 1. The molecule has 1 atom stereocenters. The van der Waals surface area contributed by atoms with Gasteiger partial charge in [0.15, 0.2) is 11.6 Å². The molecule has 18 heavy (non-hydrogen) atoms. The molecule has 0 heterocycles. The Morgan fingerprint density at radius 2 is 2.11 bits per heavy atom. The van der Waals surface area contributed by atoms with E-state index in [1.54, 1.807) is 0 Å². The van der Waals surface area contributed by atoms with E-state index in [2.05, 4.69) is 10.4 Å². The number of benzene rings is 1. The van der Waals surface area contributed by atoms with Crippen molar-refractivity contribution in [2.24, 2.45) is 10.8 Å². The van der Waals surface area contributed by atoms with E-state index in [-0.39, 0.29) is 6.04 Å². The summed E-state index contributed by atoms with van der Waals surface area (Å²) in [6, 6.07) is 3.56. The van der Waals surface area contributed by atoms with Crippen molar-refractivity contribution in [3.63, 3.8) is 0 Å². The second kappa shape index (κ2) is 7.03. The summed E-state index contributed by atoms with van der Waals surface area (Å²) < 4.78 is 26.1. The summed E-state index contributed by atoms with van der Waals surface area (Å²) in [5, 5.41) is 0. The third-order valence-corrected chi connectivity index (χ3v) is 2.51. The van der Waals surface area contributed by atoms with Gasteiger partial charge in [0, 0.05) is 0 Å². The van der Waals surface area contributed by atoms with Crippen molar-refractivity contribution >= 4 is 6.34 Å². The van der Waals surface area contributed by atoms with Crippen molar-refractivity contribution in [3.8, 4) is 0 Å². The molecule has 0 radical (unpaired) electrons. The van der Waals surface area contributed by atoms with Gasteiger partial charge in [-0.05, 0) is 44.8 Å². The molecule has 100 valence electrons. The zero-order chi connectivity index (χ0) is 13.5. The number of halogens is 2. The maximum absolute atomic E-state index is 13.2. The van der Waals surface area contributed by atoms with E-state index < -0.39 is 11.6 Å². The van der Waals surface area contributed by atoms with E-state index in [1.165, 1.54) is 18.5 Å². The molecule has 0 aliphatic carbocycles. The molecule has 0 saturated heterocycles. The highest BCUT2D eigenvalue weighted by molar-refractivity contribution is 5.53. The van der Waals surface area contributed by atoms with E-state index >= 15 is 0 Å². The molecule has 1 unspecified atom stereocenters. The number of aliphatic imine (C=N–C) groups is 1. The minimum absolute atomic E-state index is 0.251. The summed E-state index contributed by atoms with van der Waals surface area (Å²) in [7, 11) is 3.88. The van der Waals surface area contributed by atoms with E-state index in [0.29, 0.717) is 12.0 Å². The number of hydrazine groups is 1. The number of hydrogen-bond donors (Lipinski definition) is 2. The Bertz CT molecular complexity index is 407. The maximum Gasteiger partial charge on any atom is 0.159 e. The van der Waals surface area contributed by atoms with E-state index in [0.717, 1.165) is 12.6 Å². The quantitative estimate of drug-likeness (QED) is 0.350. The number of nitrogens with zero attached hydrogens (tertiary/aromatic N) is 2. The van der Waals surface area contributed by atoms with Gasteiger partial charge in [-0.1, -0.05) is 6.07 Å². The van der Waals surface area contributed by atoms with E-state index in [1.807, 2.05) is 19.0 Å². The molecular formula is C12H18F2N4. The summed E-state index contributed by atoms with van der Waals surface area (Å²) in [4.78, 5) is 6.18. The third kappa shape index (κ3) is 4.38. The van der Waals surface area contributed by atoms with Crippen LogP contribution in [0.1, 0.15) is 18.0 Å².